The van der Waals surface area contributed by atoms with Gasteiger partial charge in [0.25, 0.3) is 0 Å². The summed E-state index contributed by atoms with van der Waals surface area (Å²) >= 11 is 5.96. The quantitative estimate of drug-likeness (QED) is 0.733. The van der Waals surface area contributed by atoms with Gasteiger partial charge >= 0.3 is 5.97 Å². The molecule has 1 saturated heterocycles. The van der Waals surface area contributed by atoms with E-state index >= 15 is 0 Å². The first-order valence-corrected chi connectivity index (χ1v) is 8.57. The number of ether oxygens (including phenoxy) is 1. The highest BCUT2D eigenvalue weighted by atomic mass is 35.5. The van der Waals surface area contributed by atoms with Crippen molar-refractivity contribution in [2.24, 2.45) is 5.41 Å². The van der Waals surface area contributed by atoms with Crippen molar-refractivity contribution in [3.05, 3.63) is 28.0 Å². The largest absolute Gasteiger partial charge is 0.493 e. The molecule has 0 bridgehead atoms. The monoisotopic (exact) mass is 371 g/mol. The van der Waals surface area contributed by atoms with Crippen LogP contribution in [0.15, 0.2) is 6.07 Å². The molecule has 2 rings (SSSR count). The number of benzene rings is 1. The fraction of sp³-hybridized carbons (Fsp3) is 0.556. The molecule has 25 heavy (non-hydrogen) atoms. The molecule has 0 radical (unpaired) electrons. The van der Waals surface area contributed by atoms with Gasteiger partial charge < -0.3 is 9.57 Å². The van der Waals surface area contributed by atoms with Crippen molar-refractivity contribution >= 4 is 23.4 Å². The van der Waals surface area contributed by atoms with Crippen LogP contribution < -0.4 is 4.74 Å². The standard InChI is InChI=1S/C18H23ClFNO4/c1-6-24-16-12(10(2)22)7-13(19)15(20)14(16)11-8-21(9-11)25-17(23)18(3,4)5/h7,11H,6,8-9H2,1-5H3. The lowest BCUT2D eigenvalue weighted by Crippen LogP contribution is -2.48. The zero-order chi connectivity index (χ0) is 18.9. The summed E-state index contributed by atoms with van der Waals surface area (Å²) in [6.45, 7) is 9.35. The molecule has 0 aromatic heterocycles. The van der Waals surface area contributed by atoms with Crippen LogP contribution in [0.1, 0.15) is 56.5 Å². The first-order chi connectivity index (χ1) is 11.6. The third-order valence-corrected chi connectivity index (χ3v) is 4.23. The average molecular weight is 372 g/mol. The van der Waals surface area contributed by atoms with Crippen molar-refractivity contribution < 1.29 is 23.6 Å². The topological polar surface area (TPSA) is 55.8 Å². The van der Waals surface area contributed by atoms with Gasteiger partial charge in [-0.15, -0.1) is 5.06 Å². The fourth-order valence-corrected chi connectivity index (χ4v) is 2.72. The van der Waals surface area contributed by atoms with Crippen LogP contribution in [0.2, 0.25) is 5.02 Å². The highest BCUT2D eigenvalue weighted by molar-refractivity contribution is 6.31. The van der Waals surface area contributed by atoms with Crippen LogP contribution in [0.5, 0.6) is 5.75 Å². The summed E-state index contributed by atoms with van der Waals surface area (Å²) in [5.41, 5.74) is -0.0963. The molecule has 138 valence electrons. The summed E-state index contributed by atoms with van der Waals surface area (Å²) in [6.07, 6.45) is 0. The first kappa shape index (κ1) is 19.7. The Morgan fingerprint density at radius 3 is 2.44 bits per heavy atom. The zero-order valence-electron chi connectivity index (χ0n) is 15.1. The summed E-state index contributed by atoms with van der Waals surface area (Å²) in [5, 5.41) is 1.36. The van der Waals surface area contributed by atoms with Crippen LogP contribution in [-0.2, 0) is 9.63 Å². The second kappa shape index (κ2) is 7.30. The van der Waals surface area contributed by atoms with Crippen LogP contribution >= 0.6 is 11.6 Å². The van der Waals surface area contributed by atoms with E-state index in [4.69, 9.17) is 21.2 Å². The van der Waals surface area contributed by atoms with E-state index in [1.807, 2.05) is 0 Å². The zero-order valence-corrected chi connectivity index (χ0v) is 15.9. The highest BCUT2D eigenvalue weighted by Gasteiger charge is 2.38. The minimum Gasteiger partial charge on any atom is -0.493 e. The van der Waals surface area contributed by atoms with Crippen LogP contribution in [0.4, 0.5) is 4.39 Å². The van der Waals surface area contributed by atoms with Crippen molar-refractivity contribution in [3.8, 4) is 5.75 Å². The predicted octanol–water partition coefficient (Wildman–Crippen LogP) is 3.98. The molecule has 0 saturated carbocycles. The fourth-order valence-electron chi connectivity index (χ4n) is 2.50. The Morgan fingerprint density at radius 2 is 1.96 bits per heavy atom. The van der Waals surface area contributed by atoms with Crippen LogP contribution in [0.3, 0.4) is 0 Å². The van der Waals surface area contributed by atoms with E-state index in [1.54, 1.807) is 27.7 Å². The molecule has 1 aliphatic rings. The van der Waals surface area contributed by atoms with E-state index in [2.05, 4.69) is 0 Å². The van der Waals surface area contributed by atoms with Crippen LogP contribution in [-0.4, -0.2) is 36.5 Å². The molecule has 5 nitrogen and oxygen atoms in total. The van der Waals surface area contributed by atoms with Gasteiger partial charge in [-0.2, -0.15) is 0 Å². The maximum absolute atomic E-state index is 14.6. The number of hydroxylamine groups is 2. The summed E-state index contributed by atoms with van der Waals surface area (Å²) in [7, 11) is 0. The smallest absolute Gasteiger partial charge is 0.330 e. The number of ketones is 1. The molecule has 1 aromatic rings. The van der Waals surface area contributed by atoms with Gasteiger partial charge in [0.2, 0.25) is 0 Å². The number of halogens is 2. The number of rotatable bonds is 5. The normalized spacial score (nSPS) is 15.6. The van der Waals surface area contributed by atoms with Crippen molar-refractivity contribution in [3.63, 3.8) is 0 Å². The lowest BCUT2D eigenvalue weighted by molar-refractivity contribution is -0.221. The Kier molecular flexibility index (Phi) is 5.74. The number of hydrogen-bond acceptors (Lipinski definition) is 5. The third kappa shape index (κ3) is 4.12. The second-order valence-corrected chi connectivity index (χ2v) is 7.53. The molecule has 0 N–H and O–H groups in total. The van der Waals surface area contributed by atoms with E-state index in [0.717, 1.165) is 0 Å². The Morgan fingerprint density at radius 1 is 1.36 bits per heavy atom. The molecule has 1 heterocycles. The van der Waals surface area contributed by atoms with Gasteiger partial charge in [-0.25, -0.2) is 9.18 Å². The van der Waals surface area contributed by atoms with Crippen LogP contribution in [0, 0.1) is 11.2 Å². The molecule has 0 atom stereocenters. The summed E-state index contributed by atoms with van der Waals surface area (Å²) in [5.74, 6) is -1.24. The molecule has 1 fully saturated rings. The van der Waals surface area contributed by atoms with E-state index in [9.17, 15) is 14.0 Å². The molecule has 1 aliphatic heterocycles. The number of carbonyl (C=O) groups is 2. The summed E-state index contributed by atoms with van der Waals surface area (Å²) in [4.78, 5) is 29.1. The van der Waals surface area contributed by atoms with Crippen LogP contribution in [0.25, 0.3) is 0 Å². The number of carbonyl (C=O) groups excluding carboxylic acids is 2. The molecule has 0 spiro atoms. The lowest BCUT2D eigenvalue weighted by Gasteiger charge is -2.39. The predicted molar refractivity (Wildman–Crippen MR) is 92.4 cm³/mol. The van der Waals surface area contributed by atoms with E-state index in [-0.39, 0.29) is 39.6 Å². The van der Waals surface area contributed by atoms with Gasteiger partial charge in [-0.1, -0.05) is 11.6 Å². The molecular weight excluding hydrogens is 349 g/mol. The molecule has 1 aromatic carbocycles. The lowest BCUT2D eigenvalue weighted by atomic mass is 9.89. The molecule has 0 unspecified atom stereocenters. The highest BCUT2D eigenvalue weighted by Crippen LogP contribution is 2.41. The molecule has 0 aliphatic carbocycles. The van der Waals surface area contributed by atoms with Crippen molar-refractivity contribution in [2.45, 2.75) is 40.5 Å². The van der Waals surface area contributed by atoms with Gasteiger partial charge in [0.05, 0.1) is 22.6 Å². The van der Waals surface area contributed by atoms with E-state index < -0.39 is 11.2 Å². The maximum Gasteiger partial charge on any atom is 0.330 e. The van der Waals surface area contributed by atoms with E-state index in [1.165, 1.54) is 18.1 Å². The second-order valence-electron chi connectivity index (χ2n) is 7.12. The van der Waals surface area contributed by atoms with E-state index in [0.29, 0.717) is 19.7 Å². The minimum atomic E-state index is -0.620. The Labute approximate surface area is 152 Å². The summed E-state index contributed by atoms with van der Waals surface area (Å²) < 4.78 is 20.2. The molecule has 7 heteroatoms. The van der Waals surface area contributed by atoms with Crippen molar-refractivity contribution in [1.82, 2.24) is 5.06 Å². The third-order valence-electron chi connectivity index (χ3n) is 3.96. The van der Waals surface area contributed by atoms with Gasteiger partial charge in [0.1, 0.15) is 11.6 Å². The maximum atomic E-state index is 14.6. The average Bonchev–Trinajstić information content (AvgIpc) is 2.46. The number of Topliss-reactive ketones (excluding diaryl/α,β-unsaturated/α-hetero) is 1. The molecule has 0 amide bonds. The van der Waals surface area contributed by atoms with Crippen molar-refractivity contribution in [1.29, 1.82) is 0 Å². The van der Waals surface area contributed by atoms with Gasteiger partial charge in [0.15, 0.2) is 5.78 Å². The van der Waals surface area contributed by atoms with Gasteiger partial charge in [-0.3, -0.25) is 4.79 Å². The first-order valence-electron chi connectivity index (χ1n) is 8.19. The van der Waals surface area contributed by atoms with Gasteiger partial charge in [0, 0.05) is 24.6 Å². The Hall–Kier alpha value is -1.66. The SMILES string of the molecule is CCOc1c(C(C)=O)cc(Cl)c(F)c1C1CN(OC(=O)C(C)(C)C)C1. The summed E-state index contributed by atoms with van der Waals surface area (Å²) in [6, 6.07) is 1.30. The van der Waals surface area contributed by atoms with Crippen molar-refractivity contribution in [2.75, 3.05) is 19.7 Å². The molecular formula is C18H23ClFNO4. The number of nitrogens with zero attached hydrogens (tertiary/aromatic N) is 1. The Bertz CT molecular complexity index is 693. The Balaban J connectivity index is 2.26. The van der Waals surface area contributed by atoms with Gasteiger partial charge in [-0.05, 0) is 40.7 Å². The number of hydrogen-bond donors (Lipinski definition) is 0. The minimum absolute atomic E-state index is 0.117.